The second kappa shape index (κ2) is 4.79. The predicted molar refractivity (Wildman–Crippen MR) is 57.6 cm³/mol. The number of nitrogens with two attached hydrogens (primary N) is 1. The van der Waals surface area contributed by atoms with Gasteiger partial charge in [-0.15, -0.1) is 12.4 Å². The van der Waals surface area contributed by atoms with E-state index in [0.29, 0.717) is 18.8 Å². The van der Waals surface area contributed by atoms with E-state index in [-0.39, 0.29) is 12.4 Å². The SMILES string of the molecule is Cl.NC1CCC(OCC2(O)CC2)CC1. The first-order chi connectivity index (χ1) is 6.18. The topological polar surface area (TPSA) is 55.5 Å². The van der Waals surface area contributed by atoms with Gasteiger partial charge in [0.2, 0.25) is 0 Å². The van der Waals surface area contributed by atoms with E-state index in [1.807, 2.05) is 0 Å². The molecule has 0 unspecified atom stereocenters. The van der Waals surface area contributed by atoms with Crippen molar-refractivity contribution in [2.24, 2.45) is 5.73 Å². The second-order valence-electron chi connectivity index (χ2n) is 4.57. The van der Waals surface area contributed by atoms with E-state index in [0.717, 1.165) is 38.5 Å². The van der Waals surface area contributed by atoms with Crippen LogP contribution in [0.5, 0.6) is 0 Å². The highest BCUT2D eigenvalue weighted by Gasteiger charge is 2.41. The molecule has 3 N–H and O–H groups in total. The molecule has 0 aromatic carbocycles. The fourth-order valence-electron chi connectivity index (χ4n) is 1.82. The second-order valence-corrected chi connectivity index (χ2v) is 4.57. The molecular weight excluding hydrogens is 202 g/mol. The van der Waals surface area contributed by atoms with Crippen molar-refractivity contribution in [2.45, 2.75) is 56.3 Å². The number of rotatable bonds is 3. The average Bonchev–Trinajstić information content (AvgIpc) is 2.84. The Bertz CT molecular complexity index is 177. The summed E-state index contributed by atoms with van der Waals surface area (Å²) in [4.78, 5) is 0. The molecule has 0 aliphatic heterocycles. The summed E-state index contributed by atoms with van der Waals surface area (Å²) in [5, 5.41) is 9.56. The van der Waals surface area contributed by atoms with Crippen molar-refractivity contribution in [1.29, 1.82) is 0 Å². The Labute approximate surface area is 91.4 Å². The first kappa shape index (κ1) is 12.2. The van der Waals surface area contributed by atoms with Crippen molar-refractivity contribution in [2.75, 3.05) is 6.61 Å². The fraction of sp³-hybridized carbons (Fsp3) is 1.00. The standard InChI is InChI=1S/C10H19NO2.ClH/c11-8-1-3-9(4-2-8)13-7-10(12)5-6-10;/h8-9,12H,1-7,11H2;1H. The fourth-order valence-corrected chi connectivity index (χ4v) is 1.82. The zero-order valence-corrected chi connectivity index (χ0v) is 9.26. The molecule has 0 amide bonds. The third-order valence-electron chi connectivity index (χ3n) is 3.13. The number of halogens is 1. The van der Waals surface area contributed by atoms with Gasteiger partial charge in [-0.2, -0.15) is 0 Å². The summed E-state index contributed by atoms with van der Waals surface area (Å²) >= 11 is 0. The summed E-state index contributed by atoms with van der Waals surface area (Å²) in [6.45, 7) is 0.535. The van der Waals surface area contributed by atoms with E-state index in [4.69, 9.17) is 10.5 Å². The van der Waals surface area contributed by atoms with Crippen LogP contribution in [0.1, 0.15) is 38.5 Å². The molecule has 0 atom stereocenters. The zero-order valence-electron chi connectivity index (χ0n) is 8.45. The highest BCUT2D eigenvalue weighted by Crippen LogP contribution is 2.36. The summed E-state index contributed by atoms with van der Waals surface area (Å²) in [6, 6.07) is 0.379. The van der Waals surface area contributed by atoms with Crippen LogP contribution in [0.25, 0.3) is 0 Å². The van der Waals surface area contributed by atoms with E-state index in [2.05, 4.69) is 0 Å². The van der Waals surface area contributed by atoms with Crippen LogP contribution in [0.15, 0.2) is 0 Å². The molecule has 14 heavy (non-hydrogen) atoms. The van der Waals surface area contributed by atoms with Gasteiger partial charge in [0.05, 0.1) is 18.3 Å². The van der Waals surface area contributed by atoms with Crippen LogP contribution in [0.4, 0.5) is 0 Å². The third-order valence-corrected chi connectivity index (χ3v) is 3.13. The van der Waals surface area contributed by atoms with Gasteiger partial charge in [0.1, 0.15) is 0 Å². The summed E-state index contributed by atoms with van der Waals surface area (Å²) in [5.41, 5.74) is 5.33. The molecule has 0 saturated heterocycles. The maximum atomic E-state index is 9.56. The molecule has 0 bridgehead atoms. The van der Waals surface area contributed by atoms with Crippen LogP contribution in [0, 0.1) is 0 Å². The van der Waals surface area contributed by atoms with Gasteiger partial charge in [0.15, 0.2) is 0 Å². The van der Waals surface area contributed by atoms with Crippen LogP contribution >= 0.6 is 12.4 Å². The Morgan fingerprint density at radius 1 is 1.21 bits per heavy atom. The Morgan fingerprint density at radius 2 is 1.79 bits per heavy atom. The molecule has 3 nitrogen and oxygen atoms in total. The Morgan fingerprint density at radius 3 is 2.29 bits per heavy atom. The number of hydrogen-bond acceptors (Lipinski definition) is 3. The van der Waals surface area contributed by atoms with Gasteiger partial charge in [0.25, 0.3) is 0 Å². The van der Waals surface area contributed by atoms with Crippen LogP contribution in [0.3, 0.4) is 0 Å². The van der Waals surface area contributed by atoms with E-state index < -0.39 is 5.60 Å². The van der Waals surface area contributed by atoms with E-state index in [1.54, 1.807) is 0 Å². The Balaban J connectivity index is 0.000000980. The Kier molecular flexibility index (Phi) is 4.19. The molecule has 0 radical (unpaired) electrons. The lowest BCUT2D eigenvalue weighted by Gasteiger charge is -2.26. The molecule has 2 aliphatic carbocycles. The normalized spacial score (nSPS) is 34.7. The molecular formula is C10H20ClNO2. The highest BCUT2D eigenvalue weighted by molar-refractivity contribution is 5.85. The minimum absolute atomic E-state index is 0. The molecule has 0 aromatic rings. The molecule has 4 heteroatoms. The van der Waals surface area contributed by atoms with Crippen LogP contribution in [-0.2, 0) is 4.74 Å². The minimum Gasteiger partial charge on any atom is -0.387 e. The first-order valence-electron chi connectivity index (χ1n) is 5.27. The van der Waals surface area contributed by atoms with Crippen LogP contribution < -0.4 is 5.73 Å². The smallest absolute Gasteiger partial charge is 0.0882 e. The largest absolute Gasteiger partial charge is 0.387 e. The van der Waals surface area contributed by atoms with Gasteiger partial charge in [0, 0.05) is 6.04 Å². The number of aliphatic hydroxyl groups is 1. The summed E-state index contributed by atoms with van der Waals surface area (Å²) in [7, 11) is 0. The van der Waals surface area contributed by atoms with E-state index >= 15 is 0 Å². The van der Waals surface area contributed by atoms with Crippen LogP contribution in [-0.4, -0.2) is 29.5 Å². The number of ether oxygens (including phenoxy) is 1. The molecule has 2 aliphatic rings. The molecule has 2 rings (SSSR count). The minimum atomic E-state index is -0.459. The maximum Gasteiger partial charge on any atom is 0.0882 e. The van der Waals surface area contributed by atoms with Crippen molar-refractivity contribution in [3.05, 3.63) is 0 Å². The van der Waals surface area contributed by atoms with Gasteiger partial charge in [-0.25, -0.2) is 0 Å². The summed E-state index contributed by atoms with van der Waals surface area (Å²) < 4.78 is 5.65. The van der Waals surface area contributed by atoms with Crippen molar-refractivity contribution in [3.63, 3.8) is 0 Å². The third kappa shape index (κ3) is 3.39. The van der Waals surface area contributed by atoms with Gasteiger partial charge in [-0.3, -0.25) is 0 Å². The molecule has 2 fully saturated rings. The number of hydrogen-bond donors (Lipinski definition) is 2. The van der Waals surface area contributed by atoms with Gasteiger partial charge in [-0.1, -0.05) is 0 Å². The monoisotopic (exact) mass is 221 g/mol. The summed E-state index contributed by atoms with van der Waals surface area (Å²) in [6.07, 6.45) is 6.46. The lowest BCUT2D eigenvalue weighted by molar-refractivity contribution is -0.0359. The van der Waals surface area contributed by atoms with Gasteiger partial charge < -0.3 is 15.6 Å². The van der Waals surface area contributed by atoms with Crippen molar-refractivity contribution < 1.29 is 9.84 Å². The van der Waals surface area contributed by atoms with Crippen molar-refractivity contribution in [3.8, 4) is 0 Å². The predicted octanol–water partition coefficient (Wildman–Crippen LogP) is 1.22. The van der Waals surface area contributed by atoms with E-state index in [9.17, 15) is 5.11 Å². The zero-order chi connectivity index (χ0) is 9.31. The van der Waals surface area contributed by atoms with Gasteiger partial charge >= 0.3 is 0 Å². The highest BCUT2D eigenvalue weighted by atomic mass is 35.5. The summed E-state index contributed by atoms with van der Waals surface area (Å²) in [5.74, 6) is 0. The van der Waals surface area contributed by atoms with Crippen molar-refractivity contribution >= 4 is 12.4 Å². The molecule has 0 heterocycles. The van der Waals surface area contributed by atoms with Gasteiger partial charge in [-0.05, 0) is 38.5 Å². The van der Waals surface area contributed by atoms with Crippen LogP contribution in [0.2, 0.25) is 0 Å². The molecule has 0 aromatic heterocycles. The molecule has 2 saturated carbocycles. The first-order valence-corrected chi connectivity index (χ1v) is 5.27. The van der Waals surface area contributed by atoms with Crippen molar-refractivity contribution in [1.82, 2.24) is 0 Å². The van der Waals surface area contributed by atoms with E-state index in [1.165, 1.54) is 0 Å². The molecule has 0 spiro atoms. The Hall–Kier alpha value is 0.170. The average molecular weight is 222 g/mol. The quantitative estimate of drug-likeness (QED) is 0.754. The maximum absolute atomic E-state index is 9.56. The molecule has 84 valence electrons. The lowest BCUT2D eigenvalue weighted by atomic mass is 9.94. The lowest BCUT2D eigenvalue weighted by Crippen LogP contribution is -2.32.